The number of benzene rings is 1. The van der Waals surface area contributed by atoms with Crippen molar-refractivity contribution in [1.29, 1.82) is 0 Å². The molecule has 3 atom stereocenters. The number of Topliss-reactive ketones (excluding diaryl/α,β-unsaturated/α-hetero) is 3. The van der Waals surface area contributed by atoms with Gasteiger partial charge in [-0.2, -0.15) is 0 Å². The second-order valence-electron chi connectivity index (χ2n) is 12.5. The molecule has 2 aliphatic rings. The second-order valence-corrected chi connectivity index (χ2v) is 12.5. The van der Waals surface area contributed by atoms with Crippen LogP contribution in [0.1, 0.15) is 86.6 Å². The number of ketones is 3. The quantitative estimate of drug-likeness (QED) is 0.0853. The summed E-state index contributed by atoms with van der Waals surface area (Å²) in [6.07, 6.45) is 6.98. The molecule has 0 aromatic heterocycles. The summed E-state index contributed by atoms with van der Waals surface area (Å²) in [6.45, 7) is 15.5. The van der Waals surface area contributed by atoms with Crippen LogP contribution in [0.2, 0.25) is 0 Å². The van der Waals surface area contributed by atoms with Crippen LogP contribution in [0.4, 0.5) is 0 Å². The van der Waals surface area contributed by atoms with Crippen LogP contribution < -0.4 is 0 Å². The monoisotopic (exact) mass is 534 g/mol. The number of rotatable bonds is 7. The van der Waals surface area contributed by atoms with E-state index in [1.165, 1.54) is 12.1 Å². The zero-order valence-electron chi connectivity index (χ0n) is 24.4. The molecule has 0 radical (unpaired) electrons. The number of aliphatic hydroxyl groups is 1. The minimum Gasteiger partial charge on any atom is -0.506 e. The molecule has 2 bridgehead atoms. The summed E-state index contributed by atoms with van der Waals surface area (Å²) in [5.41, 5.74) is -1.31. The lowest BCUT2D eigenvalue weighted by Crippen LogP contribution is -2.69. The molecule has 3 rings (SSSR count). The number of aromatic hydroxyl groups is 2. The molecule has 1 aromatic rings. The third-order valence-electron chi connectivity index (χ3n) is 8.79. The molecule has 3 N–H and O–H groups in total. The van der Waals surface area contributed by atoms with E-state index in [0.717, 1.165) is 22.8 Å². The SMILES string of the molecule is CC(C)=CC[C@H]1C[C@@]2(CC=C(C)C)C(=O)/C(=C(/O)c3ccc(O)c(O)c3)C(=O)[C@](CC=C(C)C)(C2=O)C1(C)C. The van der Waals surface area contributed by atoms with Gasteiger partial charge in [0.05, 0.1) is 5.41 Å². The molecule has 6 heteroatoms. The fourth-order valence-electron chi connectivity index (χ4n) is 6.20. The number of carbonyl (C=O) groups is 3. The van der Waals surface area contributed by atoms with Crippen LogP contribution in [0, 0.1) is 22.2 Å². The third kappa shape index (κ3) is 4.90. The number of aliphatic hydroxyl groups excluding tert-OH is 1. The zero-order valence-corrected chi connectivity index (χ0v) is 24.4. The minimum absolute atomic E-state index is 0.0167. The molecule has 0 aliphatic heterocycles. The first kappa shape index (κ1) is 30.1. The van der Waals surface area contributed by atoms with Crippen molar-refractivity contribution in [3.05, 3.63) is 64.3 Å². The number of allylic oxidation sites excluding steroid dienone is 7. The summed E-state index contributed by atoms with van der Waals surface area (Å²) < 4.78 is 0. The first-order valence-electron chi connectivity index (χ1n) is 13.5. The Kier molecular flexibility index (Phi) is 8.21. The van der Waals surface area contributed by atoms with Crippen molar-refractivity contribution in [2.24, 2.45) is 22.2 Å². The van der Waals surface area contributed by atoms with E-state index in [1.54, 1.807) is 0 Å². The summed E-state index contributed by atoms with van der Waals surface area (Å²) in [5.74, 6) is -3.35. The van der Waals surface area contributed by atoms with Crippen LogP contribution in [0.3, 0.4) is 0 Å². The van der Waals surface area contributed by atoms with Crippen LogP contribution in [0.25, 0.3) is 5.76 Å². The molecule has 2 fully saturated rings. The molecule has 0 unspecified atom stereocenters. The van der Waals surface area contributed by atoms with E-state index in [4.69, 9.17) is 0 Å². The Morgan fingerprint density at radius 2 is 1.41 bits per heavy atom. The Bertz CT molecular complexity index is 1330. The van der Waals surface area contributed by atoms with Gasteiger partial charge in [0.15, 0.2) is 28.8 Å². The molecule has 1 aromatic carbocycles. The maximum absolute atomic E-state index is 14.7. The van der Waals surface area contributed by atoms with Crippen molar-refractivity contribution in [3.8, 4) is 11.5 Å². The average Bonchev–Trinajstić information content (AvgIpc) is 2.83. The summed E-state index contributed by atoms with van der Waals surface area (Å²) in [5, 5.41) is 31.3. The smallest absolute Gasteiger partial charge is 0.184 e. The largest absolute Gasteiger partial charge is 0.506 e. The number of hydrogen-bond acceptors (Lipinski definition) is 6. The lowest BCUT2D eigenvalue weighted by molar-refractivity contribution is -0.176. The number of carbonyl (C=O) groups excluding carboxylic acids is 3. The number of phenols is 2. The second kappa shape index (κ2) is 10.6. The van der Waals surface area contributed by atoms with E-state index in [2.05, 4.69) is 6.08 Å². The van der Waals surface area contributed by atoms with Gasteiger partial charge in [-0.05, 0) is 96.8 Å². The summed E-state index contributed by atoms with van der Waals surface area (Å²) in [6, 6.07) is 3.62. The van der Waals surface area contributed by atoms with Crippen LogP contribution in [-0.2, 0) is 14.4 Å². The number of hydrogen-bond donors (Lipinski definition) is 3. The van der Waals surface area contributed by atoms with E-state index < -0.39 is 50.6 Å². The number of fused-ring (bicyclic) bond motifs is 2. The van der Waals surface area contributed by atoms with E-state index in [9.17, 15) is 29.7 Å². The highest BCUT2D eigenvalue weighted by molar-refractivity contribution is 6.41. The van der Waals surface area contributed by atoms with Crippen LogP contribution in [-0.4, -0.2) is 32.7 Å². The van der Waals surface area contributed by atoms with Gasteiger partial charge in [0.1, 0.15) is 16.7 Å². The van der Waals surface area contributed by atoms with Gasteiger partial charge in [-0.1, -0.05) is 48.8 Å². The van der Waals surface area contributed by atoms with Crippen molar-refractivity contribution in [2.75, 3.05) is 0 Å². The molecular formula is C33H42O6. The lowest BCUT2D eigenvalue weighted by Gasteiger charge is -2.60. The molecule has 0 heterocycles. The van der Waals surface area contributed by atoms with Gasteiger partial charge in [0.2, 0.25) is 0 Å². The van der Waals surface area contributed by atoms with Gasteiger partial charge >= 0.3 is 0 Å². The molecule has 2 saturated carbocycles. The van der Waals surface area contributed by atoms with Gasteiger partial charge in [0, 0.05) is 5.56 Å². The lowest BCUT2D eigenvalue weighted by atomic mass is 9.38. The summed E-state index contributed by atoms with van der Waals surface area (Å²) in [7, 11) is 0. The Labute approximate surface area is 231 Å². The van der Waals surface area contributed by atoms with Crippen molar-refractivity contribution in [1.82, 2.24) is 0 Å². The molecule has 0 spiro atoms. The highest BCUT2D eigenvalue weighted by atomic mass is 16.3. The first-order valence-corrected chi connectivity index (χ1v) is 13.5. The van der Waals surface area contributed by atoms with E-state index >= 15 is 0 Å². The topological polar surface area (TPSA) is 112 Å². The molecular weight excluding hydrogens is 492 g/mol. The van der Waals surface area contributed by atoms with Crippen LogP contribution in [0.15, 0.2) is 58.7 Å². The molecule has 6 nitrogen and oxygen atoms in total. The number of phenolic OH excluding ortho intramolecular Hbond substituents is 2. The normalized spacial score (nSPS) is 27.1. The van der Waals surface area contributed by atoms with Crippen molar-refractivity contribution in [2.45, 2.75) is 81.1 Å². The van der Waals surface area contributed by atoms with E-state index in [0.29, 0.717) is 6.42 Å². The summed E-state index contributed by atoms with van der Waals surface area (Å²) >= 11 is 0. The average molecular weight is 535 g/mol. The Morgan fingerprint density at radius 1 is 0.846 bits per heavy atom. The standard InChI is InChI=1S/C33H42O6/c1-19(2)9-11-23-18-32(15-13-20(3)4)28(37)26(27(36)22-10-12-24(34)25(35)17-22)29(38)33(30(32)39,31(23,7)8)16-14-21(5)6/h9-10,12-14,17,23,34-36H,11,15-16,18H2,1-8H3/b27-26-/t23-,32-,33+/m0/s1. The van der Waals surface area contributed by atoms with Crippen LogP contribution >= 0.6 is 0 Å². The van der Waals surface area contributed by atoms with Gasteiger partial charge < -0.3 is 15.3 Å². The van der Waals surface area contributed by atoms with E-state index in [-0.39, 0.29) is 36.5 Å². The van der Waals surface area contributed by atoms with Gasteiger partial charge in [0.25, 0.3) is 0 Å². The van der Waals surface area contributed by atoms with Gasteiger partial charge in [-0.3, -0.25) is 14.4 Å². The van der Waals surface area contributed by atoms with Crippen molar-refractivity contribution < 1.29 is 29.7 Å². The third-order valence-corrected chi connectivity index (χ3v) is 8.79. The maximum atomic E-state index is 14.7. The molecule has 210 valence electrons. The fourth-order valence-corrected chi connectivity index (χ4v) is 6.20. The van der Waals surface area contributed by atoms with Gasteiger partial charge in [-0.15, -0.1) is 0 Å². The molecule has 0 saturated heterocycles. The highest BCUT2D eigenvalue weighted by Crippen LogP contribution is 2.65. The molecule has 0 amide bonds. The zero-order chi connectivity index (χ0) is 29.5. The first-order chi connectivity index (χ1) is 18.0. The predicted molar refractivity (Wildman–Crippen MR) is 153 cm³/mol. The van der Waals surface area contributed by atoms with Crippen molar-refractivity contribution in [3.63, 3.8) is 0 Å². The van der Waals surface area contributed by atoms with Crippen molar-refractivity contribution >= 4 is 23.1 Å². The molecule has 2 aliphatic carbocycles. The Morgan fingerprint density at radius 3 is 1.95 bits per heavy atom. The predicted octanol–water partition coefficient (Wildman–Crippen LogP) is 7.18. The highest BCUT2D eigenvalue weighted by Gasteiger charge is 2.73. The van der Waals surface area contributed by atoms with Crippen LogP contribution in [0.5, 0.6) is 11.5 Å². The maximum Gasteiger partial charge on any atom is 0.184 e. The van der Waals surface area contributed by atoms with Gasteiger partial charge in [-0.25, -0.2) is 0 Å². The van der Waals surface area contributed by atoms with E-state index in [1.807, 2.05) is 67.5 Å². The summed E-state index contributed by atoms with van der Waals surface area (Å²) in [4.78, 5) is 43.7. The minimum atomic E-state index is -1.58. The Hall–Kier alpha value is -3.41. The molecule has 39 heavy (non-hydrogen) atoms. The fraction of sp³-hybridized carbons (Fsp3) is 0.485. The Balaban J connectivity index is 2.45.